The van der Waals surface area contributed by atoms with Crippen LogP contribution in [0.15, 0.2) is 72.8 Å². The Labute approximate surface area is 229 Å². The third-order valence-corrected chi connectivity index (χ3v) is 8.96. The van der Waals surface area contributed by atoms with Crippen molar-refractivity contribution in [2.75, 3.05) is 26.1 Å². The molecule has 1 aliphatic heterocycles. The van der Waals surface area contributed by atoms with Gasteiger partial charge in [-0.05, 0) is 41.8 Å². The number of hydrogen-bond acceptors (Lipinski definition) is 7. The Morgan fingerprint density at radius 1 is 1.00 bits per heavy atom. The Balaban J connectivity index is 1.37. The number of carbonyl (C=O) groups excluding carboxylic acids is 1. The summed E-state index contributed by atoms with van der Waals surface area (Å²) in [5, 5.41) is 4.98. The van der Waals surface area contributed by atoms with Gasteiger partial charge in [-0.3, -0.25) is 9.69 Å². The molecule has 1 aliphatic rings. The fraction of sp³-hybridized carbons (Fsp3) is 0.200. The van der Waals surface area contributed by atoms with E-state index in [-0.39, 0.29) is 5.91 Å². The van der Waals surface area contributed by atoms with Gasteiger partial charge in [0.1, 0.15) is 21.5 Å². The van der Waals surface area contributed by atoms with Crippen molar-refractivity contribution in [3.8, 4) is 22.1 Å². The summed E-state index contributed by atoms with van der Waals surface area (Å²) in [6.45, 7) is 2.70. The molecule has 5 aromatic rings. The molecular weight excluding hydrogens is 514 g/mol. The predicted octanol–water partition coefficient (Wildman–Crippen LogP) is 6.85. The lowest BCUT2D eigenvalue weighted by Crippen LogP contribution is -2.29. The van der Waals surface area contributed by atoms with E-state index in [0.29, 0.717) is 17.1 Å². The van der Waals surface area contributed by atoms with E-state index >= 15 is 0 Å². The summed E-state index contributed by atoms with van der Waals surface area (Å²) in [7, 11) is 3.15. The van der Waals surface area contributed by atoms with E-state index in [9.17, 15) is 4.79 Å². The molecular formula is C30H27N3O3S2. The topological polar surface area (TPSA) is 63.7 Å². The van der Waals surface area contributed by atoms with Crippen LogP contribution in [0, 0.1) is 0 Å². The number of thiophene rings is 1. The fourth-order valence-electron chi connectivity index (χ4n) is 4.88. The molecule has 0 spiro atoms. The van der Waals surface area contributed by atoms with Crippen LogP contribution in [0.3, 0.4) is 0 Å². The van der Waals surface area contributed by atoms with Crippen molar-refractivity contribution >= 4 is 43.8 Å². The molecule has 6 nitrogen and oxygen atoms in total. The van der Waals surface area contributed by atoms with Crippen LogP contribution in [0.5, 0.6) is 11.5 Å². The first-order valence-electron chi connectivity index (χ1n) is 12.4. The Morgan fingerprint density at radius 2 is 1.82 bits per heavy atom. The molecule has 0 radical (unpaired) electrons. The van der Waals surface area contributed by atoms with Crippen LogP contribution in [-0.2, 0) is 19.5 Å². The maximum absolute atomic E-state index is 13.5. The molecule has 1 amide bonds. The lowest BCUT2D eigenvalue weighted by atomic mass is 10.0. The van der Waals surface area contributed by atoms with Crippen LogP contribution in [0.2, 0.25) is 0 Å². The van der Waals surface area contributed by atoms with Crippen LogP contribution in [-0.4, -0.2) is 36.6 Å². The molecule has 192 valence electrons. The van der Waals surface area contributed by atoms with Gasteiger partial charge in [-0.25, -0.2) is 4.98 Å². The Bertz CT molecular complexity index is 1580. The summed E-state index contributed by atoms with van der Waals surface area (Å²) >= 11 is 3.32. The zero-order valence-corrected chi connectivity index (χ0v) is 22.8. The zero-order chi connectivity index (χ0) is 26.1. The van der Waals surface area contributed by atoms with Crippen LogP contribution in [0.1, 0.15) is 26.4 Å². The van der Waals surface area contributed by atoms with Crippen LogP contribution >= 0.6 is 22.7 Å². The zero-order valence-electron chi connectivity index (χ0n) is 21.2. The predicted molar refractivity (Wildman–Crippen MR) is 155 cm³/mol. The van der Waals surface area contributed by atoms with Crippen molar-refractivity contribution in [3.63, 3.8) is 0 Å². The van der Waals surface area contributed by atoms with Gasteiger partial charge in [0.15, 0.2) is 0 Å². The van der Waals surface area contributed by atoms with Gasteiger partial charge < -0.3 is 14.8 Å². The molecule has 38 heavy (non-hydrogen) atoms. The molecule has 0 saturated heterocycles. The molecule has 0 aliphatic carbocycles. The molecule has 0 unspecified atom stereocenters. The summed E-state index contributed by atoms with van der Waals surface area (Å²) in [5.74, 6) is 0.893. The quantitative estimate of drug-likeness (QED) is 0.244. The van der Waals surface area contributed by atoms with E-state index in [4.69, 9.17) is 14.5 Å². The Morgan fingerprint density at radius 3 is 2.61 bits per heavy atom. The van der Waals surface area contributed by atoms with Gasteiger partial charge in [0, 0.05) is 36.1 Å². The first-order chi connectivity index (χ1) is 18.6. The first-order valence-corrected chi connectivity index (χ1v) is 14.1. The number of ether oxygens (including phenoxy) is 2. The molecule has 8 heteroatoms. The largest absolute Gasteiger partial charge is 0.497 e. The van der Waals surface area contributed by atoms with Gasteiger partial charge >= 0.3 is 0 Å². The second kappa shape index (κ2) is 10.6. The number of nitrogens with zero attached hydrogens (tertiary/aromatic N) is 2. The van der Waals surface area contributed by atoms with Crippen molar-refractivity contribution in [1.29, 1.82) is 0 Å². The van der Waals surface area contributed by atoms with Gasteiger partial charge in [0.05, 0.1) is 30.0 Å². The lowest BCUT2D eigenvalue weighted by Gasteiger charge is -2.27. The number of methoxy groups -OCH3 is 2. The van der Waals surface area contributed by atoms with Gasteiger partial charge in [-0.15, -0.1) is 22.7 Å². The number of benzene rings is 3. The highest BCUT2D eigenvalue weighted by molar-refractivity contribution is 7.23. The monoisotopic (exact) mass is 541 g/mol. The maximum atomic E-state index is 13.5. The summed E-state index contributed by atoms with van der Waals surface area (Å²) in [4.78, 5) is 22.2. The highest BCUT2D eigenvalue weighted by Crippen LogP contribution is 2.46. The van der Waals surface area contributed by atoms with Crippen LogP contribution in [0.4, 0.5) is 5.00 Å². The Kier molecular flexibility index (Phi) is 6.84. The van der Waals surface area contributed by atoms with Gasteiger partial charge in [-0.1, -0.05) is 42.5 Å². The highest BCUT2D eigenvalue weighted by Gasteiger charge is 2.28. The second-order valence-electron chi connectivity index (χ2n) is 9.16. The molecule has 6 rings (SSSR count). The maximum Gasteiger partial charge on any atom is 0.260 e. The minimum Gasteiger partial charge on any atom is -0.497 e. The average Bonchev–Trinajstić information content (AvgIpc) is 3.53. The number of aromatic nitrogens is 1. The summed E-state index contributed by atoms with van der Waals surface area (Å²) < 4.78 is 11.9. The van der Waals surface area contributed by atoms with Crippen molar-refractivity contribution in [3.05, 3.63) is 94.4 Å². The molecule has 3 heterocycles. The number of hydrogen-bond donors (Lipinski definition) is 1. The van der Waals surface area contributed by atoms with Crippen molar-refractivity contribution in [2.45, 2.75) is 19.5 Å². The smallest absolute Gasteiger partial charge is 0.260 e. The molecule has 0 atom stereocenters. The standard InChI is InChI=1S/C30H27N3O3S2/c1-35-20-12-13-21(24(16-20)36-2)28(34)32-30-27(29-31-23-10-6-7-11-25(23)37-29)22-14-15-33(18-26(22)38-30)17-19-8-4-3-5-9-19/h3-13,16H,14-15,17-18H2,1-2H3,(H,32,34). The number of amides is 1. The molecule has 3 aromatic carbocycles. The van der Waals surface area contributed by atoms with Crippen molar-refractivity contribution in [1.82, 2.24) is 9.88 Å². The Hall–Kier alpha value is -3.72. The second-order valence-corrected chi connectivity index (χ2v) is 11.3. The normalized spacial score (nSPS) is 13.3. The number of rotatable bonds is 7. The molecule has 0 fully saturated rings. The van der Waals surface area contributed by atoms with Crippen LogP contribution < -0.4 is 14.8 Å². The van der Waals surface area contributed by atoms with Crippen LogP contribution in [0.25, 0.3) is 20.8 Å². The first kappa shape index (κ1) is 24.6. The minimum atomic E-state index is -0.216. The van der Waals surface area contributed by atoms with E-state index in [2.05, 4.69) is 40.5 Å². The van der Waals surface area contributed by atoms with Crippen molar-refractivity contribution in [2.24, 2.45) is 0 Å². The van der Waals surface area contributed by atoms with E-state index in [1.54, 1.807) is 55.1 Å². The summed E-state index contributed by atoms with van der Waals surface area (Å²) in [6, 6.07) is 24.0. The van der Waals surface area contributed by atoms with E-state index in [1.807, 2.05) is 24.3 Å². The number of para-hydroxylation sites is 1. The summed E-state index contributed by atoms with van der Waals surface area (Å²) in [6.07, 6.45) is 0.908. The third kappa shape index (κ3) is 4.78. The van der Waals surface area contributed by atoms with Gasteiger partial charge in [0.2, 0.25) is 0 Å². The highest BCUT2D eigenvalue weighted by atomic mass is 32.1. The minimum absolute atomic E-state index is 0.216. The molecule has 1 N–H and O–H groups in total. The number of nitrogens with one attached hydrogen (secondary N) is 1. The van der Waals surface area contributed by atoms with Crippen molar-refractivity contribution < 1.29 is 14.3 Å². The van der Waals surface area contributed by atoms with E-state index in [0.717, 1.165) is 51.8 Å². The average molecular weight is 542 g/mol. The van der Waals surface area contributed by atoms with E-state index in [1.165, 1.54) is 16.0 Å². The SMILES string of the molecule is COc1ccc(C(=O)Nc2sc3c(c2-c2nc4ccccc4s2)CCN(Cc2ccccc2)C3)c(OC)c1. The number of fused-ring (bicyclic) bond motifs is 2. The third-order valence-electron chi connectivity index (χ3n) is 6.77. The van der Waals surface area contributed by atoms with E-state index < -0.39 is 0 Å². The molecule has 2 aromatic heterocycles. The number of anilines is 1. The number of thiazole rings is 1. The lowest BCUT2D eigenvalue weighted by molar-refractivity contribution is 0.102. The molecule has 0 bridgehead atoms. The molecule has 0 saturated carbocycles. The van der Waals surface area contributed by atoms with Gasteiger partial charge in [0.25, 0.3) is 5.91 Å². The number of carbonyl (C=O) groups is 1. The summed E-state index contributed by atoms with van der Waals surface area (Å²) in [5.41, 5.74) is 5.07. The fourth-order valence-corrected chi connectivity index (χ4v) is 7.28. The van der Waals surface area contributed by atoms with Gasteiger partial charge in [-0.2, -0.15) is 0 Å².